The van der Waals surface area contributed by atoms with E-state index in [0.29, 0.717) is 41.0 Å². The lowest BCUT2D eigenvalue weighted by atomic mass is 9.85. The number of hydrogen-bond donors (Lipinski definition) is 3. The standard InChI is InChI=1S/C18H20N2O4/c1-18(2)17(23)16(20-13-4-5-14(22)12(13)9-21)11-7-10(8-19)3-6-15(11)24-18/h3,6-7,16-17,20-21,23H,4-5,9H2,1-2H3/t16-,17+/m1/s1. The summed E-state index contributed by atoms with van der Waals surface area (Å²) in [6.07, 6.45) is -0.0273. The van der Waals surface area contributed by atoms with Crippen LogP contribution in [0.4, 0.5) is 0 Å². The fraction of sp³-hybridized carbons (Fsp3) is 0.444. The molecular formula is C18H20N2O4. The first-order chi connectivity index (χ1) is 11.4. The van der Waals surface area contributed by atoms with Gasteiger partial charge < -0.3 is 20.3 Å². The van der Waals surface area contributed by atoms with Crippen molar-refractivity contribution < 1.29 is 19.7 Å². The number of ketones is 1. The Morgan fingerprint density at radius 3 is 2.83 bits per heavy atom. The first-order valence-corrected chi connectivity index (χ1v) is 7.91. The van der Waals surface area contributed by atoms with E-state index in [1.165, 1.54) is 0 Å². The highest BCUT2D eigenvalue weighted by molar-refractivity contribution is 5.98. The van der Waals surface area contributed by atoms with Crippen LogP contribution in [0, 0.1) is 11.3 Å². The van der Waals surface area contributed by atoms with E-state index < -0.39 is 17.7 Å². The lowest BCUT2D eigenvalue weighted by Gasteiger charge is -2.43. The number of ether oxygens (including phenoxy) is 1. The number of nitriles is 1. The van der Waals surface area contributed by atoms with Gasteiger partial charge in [0.15, 0.2) is 5.78 Å². The Balaban J connectivity index is 2.04. The van der Waals surface area contributed by atoms with Gasteiger partial charge in [-0.3, -0.25) is 4.79 Å². The number of aliphatic hydroxyl groups is 2. The minimum atomic E-state index is -0.887. The van der Waals surface area contributed by atoms with Crippen LogP contribution in [-0.2, 0) is 4.79 Å². The summed E-state index contributed by atoms with van der Waals surface area (Å²) in [5.74, 6) is 0.518. The number of fused-ring (bicyclic) bond motifs is 1. The van der Waals surface area contributed by atoms with Crippen LogP contribution in [0.3, 0.4) is 0 Å². The SMILES string of the molecule is CC1(C)Oc2ccc(C#N)cc2[C@@H](NC2=C(CO)C(=O)CC2)[C@@H]1O. The van der Waals surface area contributed by atoms with Gasteiger partial charge in [-0.1, -0.05) is 0 Å². The van der Waals surface area contributed by atoms with Crippen LogP contribution in [0.15, 0.2) is 29.5 Å². The van der Waals surface area contributed by atoms with Crippen LogP contribution in [0.1, 0.15) is 43.9 Å². The second kappa shape index (κ2) is 5.93. The van der Waals surface area contributed by atoms with Crippen molar-refractivity contribution >= 4 is 5.78 Å². The van der Waals surface area contributed by atoms with Crippen LogP contribution in [0.5, 0.6) is 5.75 Å². The Morgan fingerprint density at radius 2 is 2.17 bits per heavy atom. The average Bonchev–Trinajstić information content (AvgIpc) is 2.91. The highest BCUT2D eigenvalue weighted by Crippen LogP contribution is 2.41. The molecule has 1 heterocycles. The maximum Gasteiger partial charge on any atom is 0.163 e. The largest absolute Gasteiger partial charge is 0.485 e. The number of carbonyl (C=O) groups is 1. The number of nitrogens with one attached hydrogen (secondary N) is 1. The molecule has 0 saturated heterocycles. The first kappa shape index (κ1) is 16.5. The quantitative estimate of drug-likeness (QED) is 0.773. The molecule has 24 heavy (non-hydrogen) atoms. The van der Waals surface area contributed by atoms with Crippen LogP contribution < -0.4 is 10.1 Å². The molecule has 6 nitrogen and oxygen atoms in total. The molecule has 6 heteroatoms. The molecule has 0 spiro atoms. The molecule has 0 aromatic heterocycles. The van der Waals surface area contributed by atoms with E-state index in [-0.39, 0.29) is 12.4 Å². The number of Topliss-reactive ketones (excluding diaryl/α,β-unsaturated/α-hetero) is 1. The van der Waals surface area contributed by atoms with Crippen molar-refractivity contribution in [3.63, 3.8) is 0 Å². The smallest absolute Gasteiger partial charge is 0.163 e. The van der Waals surface area contributed by atoms with Gasteiger partial charge in [-0.25, -0.2) is 0 Å². The molecule has 0 bridgehead atoms. The molecule has 1 aromatic carbocycles. The summed E-state index contributed by atoms with van der Waals surface area (Å²) in [6.45, 7) is 3.25. The predicted octanol–water partition coefficient (Wildman–Crippen LogP) is 1.33. The summed E-state index contributed by atoms with van der Waals surface area (Å²) >= 11 is 0. The average molecular weight is 328 g/mol. The lowest BCUT2D eigenvalue weighted by molar-refractivity contribution is -0.115. The highest BCUT2D eigenvalue weighted by Gasteiger charge is 2.43. The molecule has 1 aromatic rings. The third-order valence-corrected chi connectivity index (χ3v) is 4.67. The van der Waals surface area contributed by atoms with Gasteiger partial charge in [0.25, 0.3) is 0 Å². The summed E-state index contributed by atoms with van der Waals surface area (Å²) in [6, 6.07) is 6.62. The summed E-state index contributed by atoms with van der Waals surface area (Å²) in [5.41, 5.74) is 1.32. The minimum absolute atomic E-state index is 0.0770. The van der Waals surface area contributed by atoms with E-state index in [1.807, 2.05) is 0 Å². The number of hydrogen-bond acceptors (Lipinski definition) is 6. The maximum absolute atomic E-state index is 11.8. The molecule has 2 aliphatic rings. The van der Waals surface area contributed by atoms with E-state index in [9.17, 15) is 15.0 Å². The molecule has 0 fully saturated rings. The third-order valence-electron chi connectivity index (χ3n) is 4.67. The topological polar surface area (TPSA) is 103 Å². The Morgan fingerprint density at radius 1 is 1.42 bits per heavy atom. The van der Waals surface area contributed by atoms with E-state index in [1.54, 1.807) is 32.0 Å². The fourth-order valence-corrected chi connectivity index (χ4v) is 3.27. The summed E-state index contributed by atoms with van der Waals surface area (Å²) in [7, 11) is 0. The van der Waals surface area contributed by atoms with Gasteiger partial charge >= 0.3 is 0 Å². The second-order valence-electron chi connectivity index (χ2n) is 6.68. The maximum atomic E-state index is 11.8. The molecule has 0 amide bonds. The first-order valence-electron chi connectivity index (χ1n) is 7.91. The van der Waals surface area contributed by atoms with Crippen molar-refractivity contribution in [3.05, 3.63) is 40.6 Å². The van der Waals surface area contributed by atoms with Crippen molar-refractivity contribution in [3.8, 4) is 11.8 Å². The molecule has 0 unspecified atom stereocenters. The molecule has 3 N–H and O–H groups in total. The van der Waals surface area contributed by atoms with E-state index in [2.05, 4.69) is 11.4 Å². The molecular weight excluding hydrogens is 308 g/mol. The number of aliphatic hydroxyl groups excluding tert-OH is 2. The Bertz CT molecular complexity index is 761. The number of allylic oxidation sites excluding steroid dienone is 1. The minimum Gasteiger partial charge on any atom is -0.485 e. The molecule has 3 rings (SSSR count). The zero-order valence-electron chi connectivity index (χ0n) is 13.7. The lowest BCUT2D eigenvalue weighted by Crippen LogP contribution is -2.52. The molecule has 1 aliphatic heterocycles. The van der Waals surface area contributed by atoms with Gasteiger partial charge in [-0.2, -0.15) is 5.26 Å². The Kier molecular flexibility index (Phi) is 4.08. The van der Waals surface area contributed by atoms with Crippen LogP contribution in [0.2, 0.25) is 0 Å². The molecule has 2 atom stereocenters. The zero-order valence-corrected chi connectivity index (χ0v) is 13.7. The summed E-state index contributed by atoms with van der Waals surface area (Å²) < 4.78 is 5.87. The Hall–Kier alpha value is -2.36. The predicted molar refractivity (Wildman–Crippen MR) is 86.1 cm³/mol. The van der Waals surface area contributed by atoms with Gasteiger partial charge in [-0.15, -0.1) is 0 Å². The fourth-order valence-electron chi connectivity index (χ4n) is 3.27. The van der Waals surface area contributed by atoms with Crippen LogP contribution in [-0.4, -0.2) is 34.3 Å². The van der Waals surface area contributed by atoms with Gasteiger partial charge in [0.05, 0.1) is 24.3 Å². The number of nitrogens with zero attached hydrogens (tertiary/aromatic N) is 1. The molecule has 126 valence electrons. The van der Waals surface area contributed by atoms with Crippen LogP contribution in [0.25, 0.3) is 0 Å². The van der Waals surface area contributed by atoms with Gasteiger partial charge in [0, 0.05) is 23.3 Å². The number of rotatable bonds is 3. The summed E-state index contributed by atoms with van der Waals surface area (Å²) in [5, 5.41) is 32.5. The van der Waals surface area contributed by atoms with Crippen molar-refractivity contribution in [2.75, 3.05) is 6.61 Å². The van der Waals surface area contributed by atoms with E-state index >= 15 is 0 Å². The van der Waals surface area contributed by atoms with Crippen molar-refractivity contribution in [2.24, 2.45) is 0 Å². The van der Waals surface area contributed by atoms with Crippen LogP contribution >= 0.6 is 0 Å². The number of benzene rings is 1. The number of carbonyl (C=O) groups excluding carboxylic acids is 1. The molecule has 1 aliphatic carbocycles. The second-order valence-corrected chi connectivity index (χ2v) is 6.68. The van der Waals surface area contributed by atoms with Crippen molar-refractivity contribution in [2.45, 2.75) is 44.4 Å². The van der Waals surface area contributed by atoms with E-state index in [0.717, 1.165) is 0 Å². The monoisotopic (exact) mass is 328 g/mol. The van der Waals surface area contributed by atoms with Gasteiger partial charge in [-0.05, 0) is 38.5 Å². The summed E-state index contributed by atoms with van der Waals surface area (Å²) in [4.78, 5) is 11.8. The third kappa shape index (κ3) is 2.66. The van der Waals surface area contributed by atoms with Gasteiger partial charge in [0.1, 0.15) is 17.5 Å². The molecule has 0 saturated carbocycles. The highest BCUT2D eigenvalue weighted by atomic mass is 16.5. The Labute approximate surface area is 140 Å². The van der Waals surface area contributed by atoms with E-state index in [4.69, 9.17) is 10.00 Å². The zero-order chi connectivity index (χ0) is 17.5. The van der Waals surface area contributed by atoms with Gasteiger partial charge in [0.2, 0.25) is 0 Å². The normalized spacial score (nSPS) is 25.0. The van der Waals surface area contributed by atoms with Crippen molar-refractivity contribution in [1.29, 1.82) is 5.26 Å². The molecule has 0 radical (unpaired) electrons. The van der Waals surface area contributed by atoms with Crippen molar-refractivity contribution in [1.82, 2.24) is 5.32 Å².